The highest BCUT2D eigenvalue weighted by Gasteiger charge is 2.37. The Kier molecular flexibility index (Phi) is 6.66. The lowest BCUT2D eigenvalue weighted by atomic mass is 10.0. The van der Waals surface area contributed by atoms with E-state index >= 15 is 0 Å². The Labute approximate surface area is 185 Å². The fourth-order valence-corrected chi connectivity index (χ4v) is 3.04. The zero-order valence-corrected chi connectivity index (χ0v) is 17.3. The van der Waals surface area contributed by atoms with Crippen LogP contribution in [-0.2, 0) is 6.18 Å². The molecule has 0 saturated carbocycles. The second-order valence-electron chi connectivity index (χ2n) is 6.92. The topological polar surface area (TPSA) is 67.4 Å². The van der Waals surface area contributed by atoms with Crippen molar-refractivity contribution in [2.45, 2.75) is 13.1 Å². The standard InChI is InChI=1S/C23H17F5N2O3/c1-12-10-13(24)6-9-18(12)33-19-5-3-4-16(23(26,27)28)20(19)22(32)30-14-7-8-17(25)15(11-14)21(31)29-2/h3-11H,1-2H3,(H,29,31)(H,30,32). The van der Waals surface area contributed by atoms with Crippen LogP contribution in [0.3, 0.4) is 0 Å². The predicted octanol–water partition coefficient (Wildman–Crippen LogP) is 5.70. The van der Waals surface area contributed by atoms with Crippen LogP contribution in [0, 0.1) is 18.6 Å². The molecule has 3 aromatic rings. The SMILES string of the molecule is CNC(=O)c1cc(NC(=O)c2c(Oc3ccc(F)cc3C)cccc2C(F)(F)F)ccc1F. The Balaban J connectivity index is 2.05. The summed E-state index contributed by atoms with van der Waals surface area (Å²) >= 11 is 0. The first-order chi connectivity index (χ1) is 15.5. The van der Waals surface area contributed by atoms with Crippen LogP contribution in [0.1, 0.15) is 31.8 Å². The maximum Gasteiger partial charge on any atom is 0.417 e. The minimum atomic E-state index is -4.90. The smallest absolute Gasteiger partial charge is 0.417 e. The van der Waals surface area contributed by atoms with Gasteiger partial charge in [-0.15, -0.1) is 0 Å². The van der Waals surface area contributed by atoms with E-state index in [1.54, 1.807) is 0 Å². The molecule has 0 spiro atoms. The number of benzene rings is 3. The van der Waals surface area contributed by atoms with Crippen molar-refractivity contribution in [2.24, 2.45) is 0 Å². The van der Waals surface area contributed by atoms with E-state index in [1.165, 1.54) is 20.0 Å². The number of hydrogen-bond donors (Lipinski definition) is 2. The van der Waals surface area contributed by atoms with Gasteiger partial charge in [-0.05, 0) is 61.0 Å². The van der Waals surface area contributed by atoms with Crippen molar-refractivity contribution >= 4 is 17.5 Å². The number of halogens is 5. The Morgan fingerprint density at radius 1 is 0.909 bits per heavy atom. The zero-order valence-electron chi connectivity index (χ0n) is 17.3. The summed E-state index contributed by atoms with van der Waals surface area (Å²) in [5.74, 6) is -3.80. The van der Waals surface area contributed by atoms with E-state index in [4.69, 9.17) is 4.74 Å². The number of nitrogens with one attached hydrogen (secondary N) is 2. The van der Waals surface area contributed by atoms with Gasteiger partial charge in [-0.1, -0.05) is 6.07 Å². The summed E-state index contributed by atoms with van der Waals surface area (Å²) in [6.45, 7) is 1.49. The summed E-state index contributed by atoms with van der Waals surface area (Å²) in [6, 6.07) is 9.34. The second kappa shape index (κ2) is 9.27. The molecule has 0 atom stereocenters. The van der Waals surface area contributed by atoms with Crippen molar-refractivity contribution in [3.05, 3.63) is 88.5 Å². The molecule has 0 fully saturated rings. The molecular weight excluding hydrogens is 447 g/mol. The Hall–Kier alpha value is -3.95. The van der Waals surface area contributed by atoms with Gasteiger partial charge in [-0.2, -0.15) is 13.2 Å². The van der Waals surface area contributed by atoms with Crippen molar-refractivity contribution in [3.63, 3.8) is 0 Å². The van der Waals surface area contributed by atoms with Gasteiger partial charge < -0.3 is 15.4 Å². The molecule has 0 heterocycles. The van der Waals surface area contributed by atoms with Crippen LogP contribution >= 0.6 is 0 Å². The minimum Gasteiger partial charge on any atom is -0.456 e. The van der Waals surface area contributed by atoms with Gasteiger partial charge in [0.15, 0.2) is 0 Å². The zero-order chi connectivity index (χ0) is 24.3. The molecule has 2 N–H and O–H groups in total. The number of rotatable bonds is 5. The molecule has 3 rings (SSSR count). The monoisotopic (exact) mass is 464 g/mol. The van der Waals surface area contributed by atoms with E-state index in [0.29, 0.717) is 11.6 Å². The van der Waals surface area contributed by atoms with Crippen LogP contribution in [-0.4, -0.2) is 18.9 Å². The molecule has 33 heavy (non-hydrogen) atoms. The number of carbonyl (C=O) groups excluding carboxylic acids is 2. The average molecular weight is 464 g/mol. The third-order valence-electron chi connectivity index (χ3n) is 4.61. The molecule has 0 bridgehead atoms. The summed E-state index contributed by atoms with van der Waals surface area (Å²) in [5.41, 5.74) is -2.32. The number of anilines is 1. The lowest BCUT2D eigenvalue weighted by Crippen LogP contribution is -2.21. The van der Waals surface area contributed by atoms with Crippen molar-refractivity contribution < 1.29 is 36.3 Å². The van der Waals surface area contributed by atoms with Crippen molar-refractivity contribution in [1.29, 1.82) is 0 Å². The molecule has 0 aliphatic carbocycles. The normalized spacial score (nSPS) is 11.1. The molecule has 0 unspecified atom stereocenters. The first-order valence-corrected chi connectivity index (χ1v) is 9.48. The second-order valence-corrected chi connectivity index (χ2v) is 6.92. The Morgan fingerprint density at radius 3 is 2.27 bits per heavy atom. The third kappa shape index (κ3) is 5.28. The van der Waals surface area contributed by atoms with Crippen molar-refractivity contribution in [2.75, 3.05) is 12.4 Å². The highest BCUT2D eigenvalue weighted by Crippen LogP contribution is 2.38. The molecule has 172 valence electrons. The van der Waals surface area contributed by atoms with Gasteiger partial charge in [0.1, 0.15) is 23.1 Å². The van der Waals surface area contributed by atoms with Crippen LogP contribution in [0.25, 0.3) is 0 Å². The number of alkyl halides is 3. The molecule has 0 aromatic heterocycles. The molecular formula is C23H17F5N2O3. The summed E-state index contributed by atoms with van der Waals surface area (Å²) in [6.07, 6.45) is -4.90. The van der Waals surface area contributed by atoms with Crippen LogP contribution in [0.5, 0.6) is 11.5 Å². The highest BCUT2D eigenvalue weighted by molar-refractivity contribution is 6.08. The fraction of sp³-hybridized carbons (Fsp3) is 0.130. The van der Waals surface area contributed by atoms with E-state index in [9.17, 15) is 31.5 Å². The molecule has 5 nitrogen and oxygen atoms in total. The van der Waals surface area contributed by atoms with E-state index in [-0.39, 0.29) is 11.4 Å². The molecule has 0 aliphatic heterocycles. The molecule has 0 saturated heterocycles. The van der Waals surface area contributed by atoms with Gasteiger partial charge in [0, 0.05) is 12.7 Å². The largest absolute Gasteiger partial charge is 0.456 e. The number of amides is 2. The fourth-order valence-electron chi connectivity index (χ4n) is 3.04. The number of hydrogen-bond acceptors (Lipinski definition) is 3. The van der Waals surface area contributed by atoms with E-state index in [0.717, 1.165) is 42.5 Å². The third-order valence-corrected chi connectivity index (χ3v) is 4.61. The number of aryl methyl sites for hydroxylation is 1. The van der Waals surface area contributed by atoms with Gasteiger partial charge in [0.05, 0.1) is 16.7 Å². The molecule has 2 amide bonds. The maximum absolute atomic E-state index is 13.9. The van der Waals surface area contributed by atoms with Gasteiger partial charge in [-0.25, -0.2) is 8.78 Å². The Bertz CT molecular complexity index is 1230. The quantitative estimate of drug-likeness (QED) is 0.477. The van der Waals surface area contributed by atoms with E-state index in [1.807, 2.05) is 0 Å². The van der Waals surface area contributed by atoms with Crippen molar-refractivity contribution in [3.8, 4) is 11.5 Å². The Morgan fingerprint density at radius 2 is 1.64 bits per heavy atom. The maximum atomic E-state index is 13.9. The summed E-state index contributed by atoms with van der Waals surface area (Å²) in [7, 11) is 1.27. The molecule has 3 aromatic carbocycles. The van der Waals surface area contributed by atoms with Crippen LogP contribution in [0.4, 0.5) is 27.6 Å². The minimum absolute atomic E-state index is 0.0495. The predicted molar refractivity (Wildman–Crippen MR) is 110 cm³/mol. The van der Waals surface area contributed by atoms with E-state index < -0.39 is 52.1 Å². The highest BCUT2D eigenvalue weighted by atomic mass is 19.4. The number of ether oxygens (including phenoxy) is 1. The van der Waals surface area contributed by atoms with E-state index in [2.05, 4.69) is 10.6 Å². The van der Waals surface area contributed by atoms with Gasteiger partial charge in [0.25, 0.3) is 11.8 Å². The average Bonchev–Trinajstić information content (AvgIpc) is 2.75. The summed E-state index contributed by atoms with van der Waals surface area (Å²) in [4.78, 5) is 24.7. The van der Waals surface area contributed by atoms with Gasteiger partial charge >= 0.3 is 6.18 Å². The van der Waals surface area contributed by atoms with Gasteiger partial charge in [0.2, 0.25) is 0 Å². The lowest BCUT2D eigenvalue weighted by Gasteiger charge is -2.18. The first kappa shape index (κ1) is 23.7. The molecule has 10 heteroatoms. The van der Waals surface area contributed by atoms with Crippen LogP contribution < -0.4 is 15.4 Å². The first-order valence-electron chi connectivity index (χ1n) is 9.48. The van der Waals surface area contributed by atoms with Crippen LogP contribution in [0.2, 0.25) is 0 Å². The summed E-state index contributed by atoms with van der Waals surface area (Å²) in [5, 5.41) is 4.46. The summed E-state index contributed by atoms with van der Waals surface area (Å²) < 4.78 is 73.8. The molecule has 0 radical (unpaired) electrons. The van der Waals surface area contributed by atoms with Crippen LogP contribution in [0.15, 0.2) is 54.6 Å². The van der Waals surface area contributed by atoms with Crippen molar-refractivity contribution in [1.82, 2.24) is 5.32 Å². The number of carbonyl (C=O) groups is 2. The lowest BCUT2D eigenvalue weighted by molar-refractivity contribution is -0.138. The molecule has 0 aliphatic rings. The van der Waals surface area contributed by atoms with Gasteiger partial charge in [-0.3, -0.25) is 9.59 Å².